The molecule has 0 fully saturated rings. The van der Waals surface area contributed by atoms with Gasteiger partial charge in [0.25, 0.3) is 5.91 Å². The molecule has 0 atom stereocenters. The van der Waals surface area contributed by atoms with Gasteiger partial charge in [-0.1, -0.05) is 6.92 Å². The monoisotopic (exact) mass is 225 g/mol. The third kappa shape index (κ3) is 4.35. The number of nitrogens with zero attached hydrogens (tertiary/aromatic N) is 1. The molecule has 2 N–H and O–H groups in total. The van der Waals surface area contributed by atoms with Gasteiger partial charge in [-0.2, -0.15) is 0 Å². The minimum absolute atomic E-state index is 0.241. The van der Waals surface area contributed by atoms with Gasteiger partial charge in [-0.15, -0.1) is 0 Å². The van der Waals surface area contributed by atoms with E-state index in [1.54, 1.807) is 0 Å². The summed E-state index contributed by atoms with van der Waals surface area (Å²) in [4.78, 5) is 15.2. The van der Waals surface area contributed by atoms with Crippen molar-refractivity contribution < 1.29 is 9.18 Å². The van der Waals surface area contributed by atoms with Crippen LogP contribution in [0.15, 0.2) is 18.3 Å². The minimum atomic E-state index is -0.441. The fourth-order valence-electron chi connectivity index (χ4n) is 1.19. The summed E-state index contributed by atoms with van der Waals surface area (Å²) >= 11 is 0. The van der Waals surface area contributed by atoms with Crippen LogP contribution in [0.4, 0.5) is 4.39 Å². The number of pyridine rings is 1. The lowest BCUT2D eigenvalue weighted by molar-refractivity contribution is 0.0948. The Kier molecular flexibility index (Phi) is 5.42. The van der Waals surface area contributed by atoms with Crippen LogP contribution >= 0.6 is 0 Å². The van der Waals surface area contributed by atoms with E-state index in [0.717, 1.165) is 25.7 Å². The molecular formula is C11H16FN3O. The number of carbonyl (C=O) groups is 1. The second-order valence-electron chi connectivity index (χ2n) is 3.32. The summed E-state index contributed by atoms with van der Waals surface area (Å²) in [6.07, 6.45) is 1.90. The van der Waals surface area contributed by atoms with Crippen molar-refractivity contribution >= 4 is 5.91 Å². The standard InChI is InChI=1S/C11H16FN3O/c1-2-13-6-3-7-14-11(16)10-5-4-9(12)8-15-10/h4-5,8,13H,2-3,6-7H2,1H3,(H,14,16). The van der Waals surface area contributed by atoms with Gasteiger partial charge in [0, 0.05) is 6.54 Å². The van der Waals surface area contributed by atoms with Gasteiger partial charge in [0.2, 0.25) is 0 Å². The van der Waals surface area contributed by atoms with Gasteiger partial charge in [0.1, 0.15) is 11.5 Å². The highest BCUT2D eigenvalue weighted by atomic mass is 19.1. The van der Waals surface area contributed by atoms with Crippen molar-refractivity contribution in [1.29, 1.82) is 0 Å². The molecule has 0 radical (unpaired) electrons. The number of hydrogen-bond donors (Lipinski definition) is 2. The Hall–Kier alpha value is -1.49. The third-order valence-corrected chi connectivity index (χ3v) is 2.03. The van der Waals surface area contributed by atoms with Crippen molar-refractivity contribution in [2.24, 2.45) is 0 Å². The number of carbonyl (C=O) groups excluding carboxylic acids is 1. The minimum Gasteiger partial charge on any atom is -0.351 e. The van der Waals surface area contributed by atoms with E-state index in [1.165, 1.54) is 12.1 Å². The summed E-state index contributed by atoms with van der Waals surface area (Å²) in [7, 11) is 0. The van der Waals surface area contributed by atoms with Crippen molar-refractivity contribution in [2.75, 3.05) is 19.6 Å². The second-order valence-corrected chi connectivity index (χ2v) is 3.32. The second kappa shape index (κ2) is 6.90. The summed E-state index contributed by atoms with van der Waals surface area (Å²) in [5.41, 5.74) is 0.241. The molecule has 0 aliphatic heterocycles. The van der Waals surface area contributed by atoms with Gasteiger partial charge in [0.05, 0.1) is 6.20 Å². The van der Waals surface area contributed by atoms with Gasteiger partial charge in [-0.25, -0.2) is 9.37 Å². The maximum atomic E-state index is 12.5. The van der Waals surface area contributed by atoms with Gasteiger partial charge in [0.15, 0.2) is 0 Å². The fourth-order valence-corrected chi connectivity index (χ4v) is 1.19. The molecule has 1 rings (SSSR count). The zero-order valence-electron chi connectivity index (χ0n) is 9.29. The first-order valence-electron chi connectivity index (χ1n) is 5.34. The molecular weight excluding hydrogens is 209 g/mol. The fraction of sp³-hybridized carbons (Fsp3) is 0.455. The average molecular weight is 225 g/mol. The Balaban J connectivity index is 2.27. The molecule has 0 aliphatic carbocycles. The Morgan fingerprint density at radius 1 is 1.44 bits per heavy atom. The summed E-state index contributed by atoms with van der Waals surface area (Å²) in [6, 6.07) is 2.59. The Morgan fingerprint density at radius 3 is 2.88 bits per heavy atom. The van der Waals surface area contributed by atoms with E-state index in [9.17, 15) is 9.18 Å². The van der Waals surface area contributed by atoms with Crippen LogP contribution in [0.2, 0.25) is 0 Å². The third-order valence-electron chi connectivity index (χ3n) is 2.03. The smallest absolute Gasteiger partial charge is 0.269 e. The first-order chi connectivity index (χ1) is 7.74. The largest absolute Gasteiger partial charge is 0.351 e. The predicted molar refractivity (Wildman–Crippen MR) is 59.7 cm³/mol. The number of halogens is 1. The summed E-state index contributed by atoms with van der Waals surface area (Å²) in [6.45, 7) is 4.41. The van der Waals surface area contributed by atoms with E-state index in [-0.39, 0.29) is 11.6 Å². The Morgan fingerprint density at radius 2 is 2.25 bits per heavy atom. The highest BCUT2D eigenvalue weighted by Crippen LogP contribution is 1.97. The van der Waals surface area contributed by atoms with E-state index in [4.69, 9.17) is 0 Å². The molecule has 88 valence electrons. The molecule has 1 aromatic rings. The molecule has 1 aromatic heterocycles. The molecule has 0 aromatic carbocycles. The molecule has 1 amide bonds. The lowest BCUT2D eigenvalue weighted by atomic mass is 10.3. The zero-order chi connectivity index (χ0) is 11.8. The summed E-state index contributed by atoms with van der Waals surface area (Å²) < 4.78 is 12.5. The normalized spacial score (nSPS) is 10.1. The molecule has 5 heteroatoms. The van der Waals surface area contributed by atoms with Crippen molar-refractivity contribution in [3.63, 3.8) is 0 Å². The van der Waals surface area contributed by atoms with E-state index in [1.807, 2.05) is 6.92 Å². The number of rotatable bonds is 6. The quantitative estimate of drug-likeness (QED) is 0.709. The highest BCUT2D eigenvalue weighted by Gasteiger charge is 2.05. The Labute approximate surface area is 94.3 Å². The molecule has 0 saturated heterocycles. The maximum absolute atomic E-state index is 12.5. The van der Waals surface area contributed by atoms with Crippen LogP contribution in [-0.4, -0.2) is 30.5 Å². The van der Waals surface area contributed by atoms with Crippen LogP contribution in [0.25, 0.3) is 0 Å². The van der Waals surface area contributed by atoms with Crippen LogP contribution in [0.5, 0.6) is 0 Å². The average Bonchev–Trinajstić information content (AvgIpc) is 2.29. The van der Waals surface area contributed by atoms with E-state index >= 15 is 0 Å². The van der Waals surface area contributed by atoms with E-state index in [2.05, 4.69) is 15.6 Å². The molecule has 16 heavy (non-hydrogen) atoms. The van der Waals surface area contributed by atoms with E-state index < -0.39 is 5.82 Å². The first-order valence-corrected chi connectivity index (χ1v) is 5.34. The van der Waals surface area contributed by atoms with Crippen LogP contribution in [0.1, 0.15) is 23.8 Å². The zero-order valence-corrected chi connectivity index (χ0v) is 9.29. The highest BCUT2D eigenvalue weighted by molar-refractivity contribution is 5.92. The SMILES string of the molecule is CCNCCCNC(=O)c1ccc(F)cn1. The number of amides is 1. The summed E-state index contributed by atoms with van der Waals surface area (Å²) in [5, 5.41) is 5.87. The van der Waals surface area contributed by atoms with Crippen molar-refractivity contribution in [2.45, 2.75) is 13.3 Å². The van der Waals surface area contributed by atoms with Crippen molar-refractivity contribution in [3.05, 3.63) is 29.8 Å². The Bertz CT molecular complexity index is 327. The lowest BCUT2D eigenvalue weighted by Gasteiger charge is -2.04. The molecule has 0 saturated carbocycles. The van der Waals surface area contributed by atoms with Crippen molar-refractivity contribution in [1.82, 2.24) is 15.6 Å². The number of aromatic nitrogens is 1. The molecule has 0 bridgehead atoms. The summed E-state index contributed by atoms with van der Waals surface area (Å²) in [5.74, 6) is -0.708. The van der Waals surface area contributed by atoms with Gasteiger partial charge >= 0.3 is 0 Å². The molecule has 0 aliphatic rings. The van der Waals surface area contributed by atoms with E-state index in [0.29, 0.717) is 6.54 Å². The van der Waals surface area contributed by atoms with Crippen LogP contribution in [0, 0.1) is 5.82 Å². The number of hydrogen-bond acceptors (Lipinski definition) is 3. The van der Waals surface area contributed by atoms with Gasteiger partial charge in [-0.05, 0) is 31.6 Å². The molecule has 0 unspecified atom stereocenters. The lowest BCUT2D eigenvalue weighted by Crippen LogP contribution is -2.27. The van der Waals surface area contributed by atoms with Crippen LogP contribution in [-0.2, 0) is 0 Å². The topological polar surface area (TPSA) is 54.0 Å². The van der Waals surface area contributed by atoms with Gasteiger partial charge < -0.3 is 10.6 Å². The first kappa shape index (κ1) is 12.6. The van der Waals surface area contributed by atoms with Gasteiger partial charge in [-0.3, -0.25) is 4.79 Å². The maximum Gasteiger partial charge on any atom is 0.269 e. The molecule has 1 heterocycles. The molecule has 4 nitrogen and oxygen atoms in total. The predicted octanol–water partition coefficient (Wildman–Crippen LogP) is 0.950. The molecule has 0 spiro atoms. The van der Waals surface area contributed by atoms with Crippen LogP contribution < -0.4 is 10.6 Å². The van der Waals surface area contributed by atoms with Crippen LogP contribution in [0.3, 0.4) is 0 Å². The number of nitrogens with one attached hydrogen (secondary N) is 2. The van der Waals surface area contributed by atoms with Crippen molar-refractivity contribution in [3.8, 4) is 0 Å².